The number of nitrogens with one attached hydrogen (secondary N) is 1. The van der Waals surface area contributed by atoms with E-state index >= 15 is 0 Å². The quantitative estimate of drug-likeness (QED) is 0.889. The molecule has 1 saturated heterocycles. The molecule has 1 amide bonds. The van der Waals surface area contributed by atoms with E-state index in [0.29, 0.717) is 23.8 Å². The van der Waals surface area contributed by atoms with Gasteiger partial charge in [0.05, 0.1) is 11.6 Å². The summed E-state index contributed by atoms with van der Waals surface area (Å²) in [6.45, 7) is 1.52. The van der Waals surface area contributed by atoms with Crippen LogP contribution in [-0.4, -0.2) is 41.6 Å². The van der Waals surface area contributed by atoms with Crippen molar-refractivity contribution in [1.82, 2.24) is 15.3 Å². The monoisotopic (exact) mass is 337 g/mol. The smallest absolute Gasteiger partial charge is 0.258 e. The Labute approximate surface area is 146 Å². The minimum atomic E-state index is -0.162. The highest BCUT2D eigenvalue weighted by atomic mass is 16.5. The van der Waals surface area contributed by atoms with Crippen LogP contribution in [0.3, 0.4) is 0 Å². The SMILES string of the molecule is N#Cc1ccc(OCC(=O)N[C@@H]2CCCN(c3ncccn3)C2)cc1. The first-order valence-electron chi connectivity index (χ1n) is 8.19. The van der Waals surface area contributed by atoms with Crippen molar-refractivity contribution in [2.24, 2.45) is 0 Å². The van der Waals surface area contributed by atoms with Crippen molar-refractivity contribution in [1.29, 1.82) is 5.26 Å². The lowest BCUT2D eigenvalue weighted by atomic mass is 10.1. The molecule has 7 heteroatoms. The van der Waals surface area contributed by atoms with Crippen LogP contribution in [0.5, 0.6) is 5.75 Å². The second kappa shape index (κ2) is 8.11. The fourth-order valence-electron chi connectivity index (χ4n) is 2.78. The number of carbonyl (C=O) groups excluding carboxylic acids is 1. The van der Waals surface area contributed by atoms with Crippen LogP contribution in [0.15, 0.2) is 42.7 Å². The molecule has 2 aromatic rings. The Morgan fingerprint density at radius 2 is 2.08 bits per heavy atom. The Bertz CT molecular complexity index is 742. The number of aromatic nitrogens is 2. The summed E-state index contributed by atoms with van der Waals surface area (Å²) in [4.78, 5) is 22.7. The molecule has 1 fully saturated rings. The Hall–Kier alpha value is -3.14. The van der Waals surface area contributed by atoms with Crippen molar-refractivity contribution in [3.05, 3.63) is 48.3 Å². The van der Waals surface area contributed by atoms with E-state index in [1.54, 1.807) is 42.7 Å². The van der Waals surface area contributed by atoms with Gasteiger partial charge in [-0.2, -0.15) is 5.26 Å². The van der Waals surface area contributed by atoms with Gasteiger partial charge in [0.2, 0.25) is 5.95 Å². The van der Waals surface area contributed by atoms with Crippen molar-refractivity contribution < 1.29 is 9.53 Å². The van der Waals surface area contributed by atoms with Gasteiger partial charge in [0, 0.05) is 31.5 Å². The number of ether oxygens (including phenoxy) is 1. The number of amides is 1. The van der Waals surface area contributed by atoms with Crippen LogP contribution in [0.1, 0.15) is 18.4 Å². The van der Waals surface area contributed by atoms with E-state index in [4.69, 9.17) is 10.00 Å². The zero-order valence-corrected chi connectivity index (χ0v) is 13.8. The van der Waals surface area contributed by atoms with Crippen LogP contribution in [0.25, 0.3) is 0 Å². The van der Waals surface area contributed by atoms with E-state index in [0.717, 1.165) is 19.4 Å². The summed E-state index contributed by atoms with van der Waals surface area (Å²) in [5, 5.41) is 11.8. The first-order valence-corrected chi connectivity index (χ1v) is 8.19. The molecule has 0 bridgehead atoms. The molecular weight excluding hydrogens is 318 g/mol. The van der Waals surface area contributed by atoms with Gasteiger partial charge in [-0.1, -0.05) is 0 Å². The molecule has 0 aliphatic carbocycles. The molecule has 3 rings (SSSR count). The van der Waals surface area contributed by atoms with Crippen molar-refractivity contribution in [3.63, 3.8) is 0 Å². The summed E-state index contributed by atoms with van der Waals surface area (Å²) in [6.07, 6.45) is 5.33. The lowest BCUT2D eigenvalue weighted by molar-refractivity contribution is -0.123. The normalized spacial score (nSPS) is 16.8. The van der Waals surface area contributed by atoms with Gasteiger partial charge < -0.3 is 15.0 Å². The fraction of sp³-hybridized carbons (Fsp3) is 0.333. The number of anilines is 1. The number of rotatable bonds is 5. The van der Waals surface area contributed by atoms with Gasteiger partial charge in [-0.05, 0) is 43.2 Å². The highest BCUT2D eigenvalue weighted by Gasteiger charge is 2.23. The Kier molecular flexibility index (Phi) is 5.42. The zero-order valence-electron chi connectivity index (χ0n) is 13.8. The summed E-state index contributed by atoms with van der Waals surface area (Å²) in [6, 6.07) is 10.6. The molecule has 0 saturated carbocycles. The Morgan fingerprint density at radius 1 is 1.32 bits per heavy atom. The third-order valence-electron chi connectivity index (χ3n) is 3.97. The third-order valence-corrected chi connectivity index (χ3v) is 3.97. The van der Waals surface area contributed by atoms with E-state index in [9.17, 15) is 4.79 Å². The molecule has 1 aliphatic heterocycles. The maximum Gasteiger partial charge on any atom is 0.258 e. The van der Waals surface area contributed by atoms with Gasteiger partial charge >= 0.3 is 0 Å². The molecule has 0 radical (unpaired) electrons. The van der Waals surface area contributed by atoms with Gasteiger partial charge in [-0.15, -0.1) is 0 Å². The van der Waals surface area contributed by atoms with Crippen LogP contribution >= 0.6 is 0 Å². The van der Waals surface area contributed by atoms with E-state index in [1.165, 1.54) is 0 Å². The second-order valence-electron chi connectivity index (χ2n) is 5.83. The molecule has 128 valence electrons. The van der Waals surface area contributed by atoms with E-state index in [1.807, 2.05) is 6.07 Å². The van der Waals surface area contributed by atoms with Crippen LogP contribution in [0.4, 0.5) is 5.95 Å². The van der Waals surface area contributed by atoms with Crippen molar-refractivity contribution in [2.45, 2.75) is 18.9 Å². The lowest BCUT2D eigenvalue weighted by Gasteiger charge is -2.33. The average Bonchev–Trinajstić information content (AvgIpc) is 2.68. The highest BCUT2D eigenvalue weighted by molar-refractivity contribution is 5.78. The molecule has 1 aromatic carbocycles. The average molecular weight is 337 g/mol. The molecule has 0 spiro atoms. The van der Waals surface area contributed by atoms with E-state index in [-0.39, 0.29) is 18.6 Å². The fourth-order valence-corrected chi connectivity index (χ4v) is 2.78. The third kappa shape index (κ3) is 4.67. The standard InChI is InChI=1S/C18H19N5O2/c19-11-14-4-6-16(7-5-14)25-13-17(24)22-15-3-1-10-23(12-15)18-20-8-2-9-21-18/h2,4-9,15H,1,3,10,12-13H2,(H,22,24)/t15-/m1/s1. The number of hydrogen-bond acceptors (Lipinski definition) is 6. The molecule has 0 unspecified atom stereocenters. The maximum atomic E-state index is 12.1. The summed E-state index contributed by atoms with van der Waals surface area (Å²) in [5.41, 5.74) is 0.558. The summed E-state index contributed by atoms with van der Waals surface area (Å²) in [7, 11) is 0. The molecule has 2 heterocycles. The Balaban J connectivity index is 1.48. The number of carbonyl (C=O) groups is 1. The van der Waals surface area contributed by atoms with Crippen LogP contribution in [0, 0.1) is 11.3 Å². The highest BCUT2D eigenvalue weighted by Crippen LogP contribution is 2.15. The summed E-state index contributed by atoms with van der Waals surface area (Å²) < 4.78 is 5.46. The van der Waals surface area contributed by atoms with E-state index in [2.05, 4.69) is 20.2 Å². The first kappa shape index (κ1) is 16.7. The van der Waals surface area contributed by atoms with Crippen LogP contribution < -0.4 is 15.0 Å². The number of piperidine rings is 1. The number of nitrogens with zero attached hydrogens (tertiary/aromatic N) is 4. The van der Waals surface area contributed by atoms with Crippen LogP contribution in [0.2, 0.25) is 0 Å². The van der Waals surface area contributed by atoms with Crippen molar-refractivity contribution in [2.75, 3.05) is 24.6 Å². The van der Waals surface area contributed by atoms with Crippen molar-refractivity contribution >= 4 is 11.9 Å². The maximum absolute atomic E-state index is 12.1. The van der Waals surface area contributed by atoms with Gasteiger partial charge in [-0.25, -0.2) is 9.97 Å². The van der Waals surface area contributed by atoms with Gasteiger partial charge in [0.25, 0.3) is 5.91 Å². The van der Waals surface area contributed by atoms with Gasteiger partial charge in [0.1, 0.15) is 5.75 Å². The molecule has 1 atom stereocenters. The molecule has 1 aliphatic rings. The number of benzene rings is 1. The lowest BCUT2D eigenvalue weighted by Crippen LogP contribution is -2.49. The number of hydrogen-bond donors (Lipinski definition) is 1. The molecule has 1 aromatic heterocycles. The van der Waals surface area contributed by atoms with Gasteiger partial charge in [0.15, 0.2) is 6.61 Å². The largest absolute Gasteiger partial charge is 0.484 e. The predicted molar refractivity (Wildman–Crippen MR) is 92.1 cm³/mol. The molecule has 25 heavy (non-hydrogen) atoms. The first-order chi connectivity index (χ1) is 12.2. The van der Waals surface area contributed by atoms with Gasteiger partial charge in [-0.3, -0.25) is 4.79 Å². The molecule has 7 nitrogen and oxygen atoms in total. The van der Waals surface area contributed by atoms with E-state index < -0.39 is 0 Å². The molecule has 1 N–H and O–H groups in total. The second-order valence-corrected chi connectivity index (χ2v) is 5.83. The van der Waals surface area contributed by atoms with Crippen molar-refractivity contribution in [3.8, 4) is 11.8 Å². The molecular formula is C18H19N5O2. The summed E-state index contributed by atoms with van der Waals surface area (Å²) in [5.74, 6) is 1.09. The summed E-state index contributed by atoms with van der Waals surface area (Å²) >= 11 is 0. The predicted octanol–water partition coefficient (Wildman–Crippen LogP) is 1.51. The number of nitriles is 1. The van der Waals surface area contributed by atoms with Crippen LogP contribution in [-0.2, 0) is 4.79 Å². The topological polar surface area (TPSA) is 91.1 Å². The minimum absolute atomic E-state index is 0.0506. The minimum Gasteiger partial charge on any atom is -0.484 e. The zero-order chi connectivity index (χ0) is 17.5. The Morgan fingerprint density at radius 3 is 2.80 bits per heavy atom.